The van der Waals surface area contributed by atoms with E-state index in [1.165, 1.54) is 0 Å². The highest BCUT2D eigenvalue weighted by Gasteiger charge is 2.14. The van der Waals surface area contributed by atoms with Crippen LogP contribution < -0.4 is 5.32 Å². The van der Waals surface area contributed by atoms with Crippen molar-refractivity contribution in [3.63, 3.8) is 0 Å². The van der Waals surface area contributed by atoms with Crippen LogP contribution in [-0.2, 0) is 12.8 Å². The number of nitrogens with one attached hydrogen (secondary N) is 1. The van der Waals surface area contributed by atoms with Crippen molar-refractivity contribution in [1.82, 2.24) is 24.1 Å². The molecule has 0 bridgehead atoms. The summed E-state index contributed by atoms with van der Waals surface area (Å²) in [6.45, 7) is 7.12. The first-order chi connectivity index (χ1) is 10.3. The molecule has 0 aliphatic carbocycles. The maximum atomic E-state index is 4.70. The molecule has 0 unspecified atom stereocenters. The molecule has 0 saturated carbocycles. The topological polar surface area (TPSA) is 60.0 Å². The second kappa shape index (κ2) is 5.55. The summed E-state index contributed by atoms with van der Waals surface area (Å²) in [4.78, 5) is 9.11. The van der Waals surface area contributed by atoms with Crippen LogP contribution in [0.5, 0.6) is 0 Å². The summed E-state index contributed by atoms with van der Waals surface area (Å²) in [5, 5.41) is 7.93. The number of hydrogen-bond donors (Lipinski definition) is 1. The van der Waals surface area contributed by atoms with Crippen molar-refractivity contribution in [2.75, 3.05) is 11.9 Å². The fourth-order valence-corrected chi connectivity index (χ4v) is 2.41. The fraction of sp³-hybridized carbons (Fsp3) is 0.400. The van der Waals surface area contributed by atoms with Crippen molar-refractivity contribution < 1.29 is 0 Å². The maximum absolute atomic E-state index is 4.70. The third-order valence-corrected chi connectivity index (χ3v) is 3.47. The summed E-state index contributed by atoms with van der Waals surface area (Å²) in [6.07, 6.45) is 7.49. The van der Waals surface area contributed by atoms with E-state index in [1.54, 1.807) is 6.20 Å². The Morgan fingerprint density at radius 3 is 2.76 bits per heavy atom. The third-order valence-electron chi connectivity index (χ3n) is 3.47. The van der Waals surface area contributed by atoms with Gasteiger partial charge in [0.05, 0.1) is 11.9 Å². The number of hydrogen-bond acceptors (Lipinski definition) is 4. The fourth-order valence-electron chi connectivity index (χ4n) is 2.41. The van der Waals surface area contributed by atoms with E-state index in [0.717, 1.165) is 48.1 Å². The molecule has 0 aliphatic rings. The van der Waals surface area contributed by atoms with Crippen molar-refractivity contribution in [3.8, 4) is 5.82 Å². The van der Waals surface area contributed by atoms with Crippen LogP contribution in [0.1, 0.15) is 32.2 Å². The molecule has 0 amide bonds. The van der Waals surface area contributed by atoms with Gasteiger partial charge in [-0.05, 0) is 25.8 Å². The van der Waals surface area contributed by atoms with E-state index in [2.05, 4.69) is 42.2 Å². The Labute approximate surface area is 123 Å². The van der Waals surface area contributed by atoms with Crippen LogP contribution in [0.4, 0.5) is 5.82 Å². The van der Waals surface area contributed by atoms with Crippen LogP contribution in [0.2, 0.25) is 0 Å². The Balaban J connectivity index is 2.22. The van der Waals surface area contributed by atoms with E-state index in [9.17, 15) is 0 Å². The number of aryl methyl sites for hydroxylation is 2. The summed E-state index contributed by atoms with van der Waals surface area (Å²) in [5.41, 5.74) is 3.04. The summed E-state index contributed by atoms with van der Waals surface area (Å²) in [5.74, 6) is 1.60. The Bertz CT molecular complexity index is 755. The number of imidazole rings is 1. The predicted octanol–water partition coefficient (Wildman–Crippen LogP) is 2.47. The van der Waals surface area contributed by atoms with Gasteiger partial charge in [0.25, 0.3) is 0 Å². The zero-order valence-electron chi connectivity index (χ0n) is 12.7. The molecular formula is C15H20N6. The second-order valence-corrected chi connectivity index (χ2v) is 4.88. The average Bonchev–Trinajstić information content (AvgIpc) is 3.12. The van der Waals surface area contributed by atoms with E-state index in [1.807, 2.05) is 21.5 Å². The molecule has 0 saturated heterocycles. The molecule has 0 spiro atoms. The van der Waals surface area contributed by atoms with Crippen molar-refractivity contribution in [2.24, 2.45) is 0 Å². The van der Waals surface area contributed by atoms with Crippen molar-refractivity contribution in [1.29, 1.82) is 0 Å². The minimum Gasteiger partial charge on any atom is -0.369 e. The van der Waals surface area contributed by atoms with Gasteiger partial charge in [0.1, 0.15) is 5.82 Å². The molecule has 0 aliphatic heterocycles. The van der Waals surface area contributed by atoms with Crippen LogP contribution in [-0.4, -0.2) is 30.7 Å². The first-order valence-electron chi connectivity index (χ1n) is 7.42. The van der Waals surface area contributed by atoms with Gasteiger partial charge in [0, 0.05) is 24.6 Å². The van der Waals surface area contributed by atoms with Crippen LogP contribution in [0.15, 0.2) is 24.7 Å². The molecule has 6 heteroatoms. The zero-order valence-corrected chi connectivity index (χ0v) is 12.7. The Morgan fingerprint density at radius 1 is 1.19 bits per heavy atom. The standard InChI is InChI=1S/C15H20N6/c1-4-11-9-12(5-2)21(19-11)15-14-17-7-8-20(14)10-13(18-15)16-6-3/h7-10,16H,4-6H2,1-3H3. The van der Waals surface area contributed by atoms with Gasteiger partial charge in [-0.2, -0.15) is 5.10 Å². The Kier molecular flexibility index (Phi) is 3.60. The molecule has 0 radical (unpaired) electrons. The molecule has 3 aromatic heterocycles. The molecule has 3 heterocycles. The molecule has 6 nitrogen and oxygen atoms in total. The van der Waals surface area contributed by atoms with E-state index in [-0.39, 0.29) is 0 Å². The quantitative estimate of drug-likeness (QED) is 0.782. The molecule has 3 aromatic rings. The number of nitrogens with zero attached hydrogens (tertiary/aromatic N) is 5. The lowest BCUT2D eigenvalue weighted by molar-refractivity contribution is 0.771. The summed E-state index contributed by atoms with van der Waals surface area (Å²) in [7, 11) is 0. The first kappa shape index (κ1) is 13.6. The van der Waals surface area contributed by atoms with Crippen LogP contribution in [0, 0.1) is 0 Å². The van der Waals surface area contributed by atoms with Crippen LogP contribution >= 0.6 is 0 Å². The average molecular weight is 284 g/mol. The smallest absolute Gasteiger partial charge is 0.199 e. The number of fused-ring (bicyclic) bond motifs is 1. The van der Waals surface area contributed by atoms with Gasteiger partial charge >= 0.3 is 0 Å². The van der Waals surface area contributed by atoms with E-state index in [4.69, 9.17) is 4.98 Å². The van der Waals surface area contributed by atoms with E-state index in [0.29, 0.717) is 0 Å². The van der Waals surface area contributed by atoms with E-state index < -0.39 is 0 Å². The lowest BCUT2D eigenvalue weighted by atomic mass is 10.2. The first-order valence-corrected chi connectivity index (χ1v) is 7.42. The summed E-state index contributed by atoms with van der Waals surface area (Å²) < 4.78 is 3.90. The highest BCUT2D eigenvalue weighted by atomic mass is 15.3. The molecule has 1 N–H and O–H groups in total. The monoisotopic (exact) mass is 284 g/mol. The highest BCUT2D eigenvalue weighted by Crippen LogP contribution is 2.19. The van der Waals surface area contributed by atoms with Crippen molar-refractivity contribution in [2.45, 2.75) is 33.6 Å². The van der Waals surface area contributed by atoms with Gasteiger partial charge in [0.15, 0.2) is 11.5 Å². The maximum Gasteiger partial charge on any atom is 0.199 e. The molecule has 0 fully saturated rings. The Hall–Kier alpha value is -2.37. The molecule has 21 heavy (non-hydrogen) atoms. The second-order valence-electron chi connectivity index (χ2n) is 4.88. The van der Waals surface area contributed by atoms with Gasteiger partial charge < -0.3 is 9.72 Å². The van der Waals surface area contributed by atoms with Gasteiger partial charge in [-0.3, -0.25) is 0 Å². The Morgan fingerprint density at radius 2 is 2.05 bits per heavy atom. The van der Waals surface area contributed by atoms with Gasteiger partial charge in [0.2, 0.25) is 0 Å². The van der Waals surface area contributed by atoms with Crippen molar-refractivity contribution in [3.05, 3.63) is 36.0 Å². The van der Waals surface area contributed by atoms with Crippen molar-refractivity contribution >= 4 is 11.5 Å². The summed E-state index contributed by atoms with van der Waals surface area (Å²) >= 11 is 0. The lowest BCUT2D eigenvalue weighted by Crippen LogP contribution is -2.10. The minimum atomic E-state index is 0.773. The molecule has 0 aromatic carbocycles. The molecule has 3 rings (SSSR count). The SMILES string of the molecule is CCNc1cn2ccnc2c(-n2nc(CC)cc2CC)n1. The van der Waals surface area contributed by atoms with E-state index >= 15 is 0 Å². The largest absolute Gasteiger partial charge is 0.369 e. The van der Waals surface area contributed by atoms with Crippen LogP contribution in [0.25, 0.3) is 11.5 Å². The molecule has 0 atom stereocenters. The minimum absolute atomic E-state index is 0.773. The predicted molar refractivity (Wildman–Crippen MR) is 83.0 cm³/mol. The highest BCUT2D eigenvalue weighted by molar-refractivity contribution is 5.58. The summed E-state index contributed by atoms with van der Waals surface area (Å²) in [6, 6.07) is 2.14. The lowest BCUT2D eigenvalue weighted by Gasteiger charge is -2.10. The van der Waals surface area contributed by atoms with Gasteiger partial charge in [-0.15, -0.1) is 0 Å². The zero-order chi connectivity index (χ0) is 14.8. The third kappa shape index (κ3) is 2.37. The van der Waals surface area contributed by atoms with Gasteiger partial charge in [-0.25, -0.2) is 14.6 Å². The molecular weight excluding hydrogens is 264 g/mol. The number of anilines is 1. The number of aromatic nitrogens is 5. The van der Waals surface area contributed by atoms with Gasteiger partial charge in [-0.1, -0.05) is 13.8 Å². The number of rotatable bonds is 5. The molecule has 110 valence electrons. The van der Waals surface area contributed by atoms with Crippen LogP contribution in [0.3, 0.4) is 0 Å². The normalized spacial score (nSPS) is 11.2.